The van der Waals surface area contributed by atoms with Gasteiger partial charge in [0.25, 0.3) is 5.91 Å². The van der Waals surface area contributed by atoms with Crippen LogP contribution in [0.5, 0.6) is 5.75 Å². The highest BCUT2D eigenvalue weighted by atomic mass is 16.5. The third kappa shape index (κ3) is 4.87. The Morgan fingerprint density at radius 3 is 2.74 bits per heavy atom. The predicted molar refractivity (Wildman–Crippen MR) is 101 cm³/mol. The van der Waals surface area contributed by atoms with Crippen LogP contribution >= 0.6 is 0 Å². The molecule has 2 aromatic rings. The molecule has 0 spiro atoms. The molecular formula is C20H26N4O3. The van der Waals surface area contributed by atoms with Gasteiger partial charge in [-0.2, -0.15) is 0 Å². The maximum Gasteiger partial charge on any atom is 0.260 e. The number of carbonyl (C=O) groups excluding carboxylic acids is 2. The normalized spacial score (nSPS) is 16.4. The predicted octanol–water partition coefficient (Wildman–Crippen LogP) is 1.72. The summed E-state index contributed by atoms with van der Waals surface area (Å²) in [6.07, 6.45) is 4.47. The fourth-order valence-corrected chi connectivity index (χ4v) is 3.43. The van der Waals surface area contributed by atoms with Gasteiger partial charge in [0, 0.05) is 45.5 Å². The molecule has 1 unspecified atom stereocenters. The van der Waals surface area contributed by atoms with E-state index in [9.17, 15) is 9.59 Å². The lowest BCUT2D eigenvalue weighted by molar-refractivity contribution is -0.134. The first kappa shape index (κ1) is 18.9. The summed E-state index contributed by atoms with van der Waals surface area (Å²) in [5.41, 5.74) is 0. The van der Waals surface area contributed by atoms with Gasteiger partial charge in [-0.05, 0) is 25.5 Å². The highest BCUT2D eigenvalue weighted by molar-refractivity contribution is 5.78. The molecule has 1 aliphatic rings. The molecule has 7 nitrogen and oxygen atoms in total. The minimum absolute atomic E-state index is 0.0189. The van der Waals surface area contributed by atoms with Crippen molar-refractivity contribution in [2.45, 2.75) is 32.9 Å². The second-order valence-corrected chi connectivity index (χ2v) is 6.76. The number of carbonyl (C=O) groups is 2. The minimum atomic E-state index is -0.0460. The van der Waals surface area contributed by atoms with Crippen molar-refractivity contribution < 1.29 is 14.3 Å². The van der Waals surface area contributed by atoms with E-state index < -0.39 is 0 Å². The molecular weight excluding hydrogens is 344 g/mol. The number of rotatable bonds is 7. The van der Waals surface area contributed by atoms with Gasteiger partial charge in [-0.1, -0.05) is 18.2 Å². The third-order valence-corrected chi connectivity index (χ3v) is 4.97. The van der Waals surface area contributed by atoms with Crippen molar-refractivity contribution >= 4 is 11.8 Å². The minimum Gasteiger partial charge on any atom is -0.484 e. The molecule has 144 valence electrons. The van der Waals surface area contributed by atoms with Crippen LogP contribution in [0, 0.1) is 6.92 Å². The molecule has 2 heterocycles. The van der Waals surface area contributed by atoms with Crippen LogP contribution in [0.15, 0.2) is 42.7 Å². The molecule has 1 aromatic heterocycles. The van der Waals surface area contributed by atoms with Gasteiger partial charge < -0.3 is 19.1 Å². The van der Waals surface area contributed by atoms with E-state index in [1.165, 1.54) is 0 Å². The van der Waals surface area contributed by atoms with Gasteiger partial charge in [0.05, 0.1) is 6.04 Å². The number of nitrogens with zero attached hydrogens (tertiary/aromatic N) is 4. The number of aromatic nitrogens is 2. The van der Waals surface area contributed by atoms with E-state index in [4.69, 9.17) is 4.74 Å². The summed E-state index contributed by atoms with van der Waals surface area (Å²) in [6, 6.07) is 9.36. The van der Waals surface area contributed by atoms with Gasteiger partial charge in [-0.3, -0.25) is 9.59 Å². The maximum atomic E-state index is 12.4. The summed E-state index contributed by atoms with van der Waals surface area (Å²) < 4.78 is 7.58. The van der Waals surface area contributed by atoms with Gasteiger partial charge in [-0.15, -0.1) is 0 Å². The Morgan fingerprint density at radius 1 is 1.30 bits per heavy atom. The quantitative estimate of drug-likeness (QED) is 0.744. The molecule has 0 aliphatic carbocycles. The van der Waals surface area contributed by atoms with Crippen molar-refractivity contribution in [2.24, 2.45) is 0 Å². The number of ether oxygens (including phenoxy) is 1. The molecule has 27 heavy (non-hydrogen) atoms. The second-order valence-electron chi connectivity index (χ2n) is 6.76. The van der Waals surface area contributed by atoms with Gasteiger partial charge in [0.15, 0.2) is 6.61 Å². The second kappa shape index (κ2) is 8.70. The summed E-state index contributed by atoms with van der Waals surface area (Å²) in [4.78, 5) is 32.4. The first-order valence-corrected chi connectivity index (χ1v) is 9.25. The Bertz CT molecular complexity index is 775. The first-order valence-electron chi connectivity index (χ1n) is 9.25. The maximum absolute atomic E-state index is 12.4. The Hall–Kier alpha value is -2.83. The van der Waals surface area contributed by atoms with Crippen molar-refractivity contribution in [1.82, 2.24) is 19.4 Å². The average Bonchev–Trinajstić information content (AvgIpc) is 3.30. The van der Waals surface area contributed by atoms with Crippen LogP contribution in [-0.2, 0) is 16.1 Å². The molecule has 1 aliphatic heterocycles. The highest BCUT2D eigenvalue weighted by Crippen LogP contribution is 2.17. The number of imidazole rings is 1. The van der Waals surface area contributed by atoms with Gasteiger partial charge in [-0.25, -0.2) is 4.98 Å². The summed E-state index contributed by atoms with van der Waals surface area (Å²) in [7, 11) is 0. The molecule has 1 fully saturated rings. The van der Waals surface area contributed by atoms with E-state index in [-0.39, 0.29) is 24.5 Å². The Balaban J connectivity index is 1.51. The number of hydrogen-bond acceptors (Lipinski definition) is 4. The number of aryl methyl sites for hydroxylation is 1. The van der Waals surface area contributed by atoms with Gasteiger partial charge in [0.2, 0.25) is 5.91 Å². The first-order chi connectivity index (χ1) is 13.0. The monoisotopic (exact) mass is 370 g/mol. The summed E-state index contributed by atoms with van der Waals surface area (Å²) in [5.74, 6) is 1.60. The van der Waals surface area contributed by atoms with Crippen LogP contribution in [0.1, 0.15) is 19.2 Å². The van der Waals surface area contributed by atoms with Crippen molar-refractivity contribution in [1.29, 1.82) is 0 Å². The third-order valence-electron chi connectivity index (χ3n) is 4.97. The number of amides is 2. The molecule has 7 heteroatoms. The molecule has 1 saturated heterocycles. The molecule has 0 N–H and O–H groups in total. The zero-order valence-electron chi connectivity index (χ0n) is 15.9. The zero-order chi connectivity index (χ0) is 19.2. The molecule has 0 radical (unpaired) electrons. The lowest BCUT2D eigenvalue weighted by Crippen LogP contribution is -2.43. The van der Waals surface area contributed by atoms with E-state index in [1.54, 1.807) is 18.0 Å². The summed E-state index contributed by atoms with van der Waals surface area (Å²) in [5, 5.41) is 0. The topological polar surface area (TPSA) is 67.7 Å². The Morgan fingerprint density at radius 2 is 2.07 bits per heavy atom. The SMILES string of the molecule is CC(=O)N(CCn1ccnc1C)C1CCN(C(=O)COc2ccccc2)C1. The van der Waals surface area contributed by atoms with Gasteiger partial charge >= 0.3 is 0 Å². The molecule has 0 bridgehead atoms. The van der Waals surface area contributed by atoms with Crippen LogP contribution in [0.2, 0.25) is 0 Å². The molecule has 1 atom stereocenters. The Kier molecular flexibility index (Phi) is 6.11. The van der Waals surface area contributed by atoms with E-state index in [0.717, 1.165) is 12.2 Å². The zero-order valence-corrected chi connectivity index (χ0v) is 15.9. The summed E-state index contributed by atoms with van der Waals surface area (Å²) >= 11 is 0. The fraction of sp³-hybridized carbons (Fsp3) is 0.450. The lowest BCUT2D eigenvalue weighted by Gasteiger charge is -2.28. The number of para-hydroxylation sites is 1. The average molecular weight is 370 g/mol. The standard InChI is InChI=1S/C20H26N4O3/c1-16-21-9-11-22(16)12-13-24(17(2)25)18-8-10-23(14-18)20(26)15-27-19-6-4-3-5-7-19/h3-7,9,11,18H,8,10,12-15H2,1-2H3. The van der Waals surface area contributed by atoms with E-state index >= 15 is 0 Å². The van der Waals surface area contributed by atoms with Crippen LogP contribution in [0.25, 0.3) is 0 Å². The fourth-order valence-electron chi connectivity index (χ4n) is 3.43. The van der Waals surface area contributed by atoms with Crippen LogP contribution in [0.3, 0.4) is 0 Å². The molecule has 3 rings (SSSR count). The molecule has 2 amide bonds. The van der Waals surface area contributed by atoms with Crippen molar-refractivity contribution in [2.75, 3.05) is 26.2 Å². The lowest BCUT2D eigenvalue weighted by atomic mass is 10.2. The summed E-state index contributed by atoms with van der Waals surface area (Å²) in [6.45, 7) is 6.07. The largest absolute Gasteiger partial charge is 0.484 e. The number of benzene rings is 1. The molecule has 0 saturated carbocycles. The highest BCUT2D eigenvalue weighted by Gasteiger charge is 2.31. The number of hydrogen-bond donors (Lipinski definition) is 0. The van der Waals surface area contributed by atoms with Crippen LogP contribution < -0.4 is 4.74 Å². The number of likely N-dealkylation sites (tertiary alicyclic amines) is 1. The van der Waals surface area contributed by atoms with E-state index in [2.05, 4.69) is 4.98 Å². The van der Waals surface area contributed by atoms with Crippen molar-refractivity contribution in [3.05, 3.63) is 48.5 Å². The van der Waals surface area contributed by atoms with Crippen molar-refractivity contribution in [3.63, 3.8) is 0 Å². The smallest absolute Gasteiger partial charge is 0.260 e. The van der Waals surface area contributed by atoms with Crippen LogP contribution in [-0.4, -0.2) is 63.4 Å². The van der Waals surface area contributed by atoms with Crippen LogP contribution in [0.4, 0.5) is 0 Å². The molecule has 1 aromatic carbocycles. The van der Waals surface area contributed by atoms with Gasteiger partial charge in [0.1, 0.15) is 11.6 Å². The Labute approximate surface area is 159 Å². The van der Waals surface area contributed by atoms with E-state index in [1.807, 2.05) is 52.9 Å². The van der Waals surface area contributed by atoms with Crippen molar-refractivity contribution in [3.8, 4) is 5.75 Å². The van der Waals surface area contributed by atoms with E-state index in [0.29, 0.717) is 31.9 Å².